The second-order valence-corrected chi connectivity index (χ2v) is 5.84. The number of nitrogens with one attached hydrogen (secondary N) is 1. The molecule has 1 N–H and O–H groups in total. The van der Waals surface area contributed by atoms with Crippen molar-refractivity contribution >= 4 is 0 Å². The summed E-state index contributed by atoms with van der Waals surface area (Å²) in [6, 6.07) is 15.5. The van der Waals surface area contributed by atoms with Crippen LogP contribution in [0.1, 0.15) is 36.6 Å². The van der Waals surface area contributed by atoms with Gasteiger partial charge in [0.2, 0.25) is 0 Å². The second kappa shape index (κ2) is 4.46. The molecule has 1 aliphatic rings. The van der Waals surface area contributed by atoms with E-state index in [4.69, 9.17) is 0 Å². The molecular formula is C17H18FN. The van der Waals surface area contributed by atoms with Gasteiger partial charge in [-0.15, -0.1) is 0 Å². The number of hydrogen-bond acceptors (Lipinski definition) is 1. The minimum Gasteiger partial charge on any atom is -0.305 e. The lowest BCUT2D eigenvalue weighted by molar-refractivity contribution is 0.404. The van der Waals surface area contributed by atoms with Crippen molar-refractivity contribution in [2.45, 2.75) is 25.3 Å². The Morgan fingerprint density at radius 2 is 1.84 bits per heavy atom. The van der Waals surface area contributed by atoms with Crippen LogP contribution in [0, 0.1) is 5.82 Å². The van der Waals surface area contributed by atoms with Crippen molar-refractivity contribution in [3.8, 4) is 0 Å². The molecule has 0 fully saturated rings. The van der Waals surface area contributed by atoms with Crippen LogP contribution in [-0.4, -0.2) is 6.54 Å². The van der Waals surface area contributed by atoms with Gasteiger partial charge in [-0.2, -0.15) is 0 Å². The quantitative estimate of drug-likeness (QED) is 0.817. The highest BCUT2D eigenvalue weighted by atomic mass is 19.1. The summed E-state index contributed by atoms with van der Waals surface area (Å²) in [6.07, 6.45) is 0. The molecule has 2 heteroatoms. The zero-order valence-electron chi connectivity index (χ0n) is 11.3. The molecule has 0 spiro atoms. The average Bonchev–Trinajstić information content (AvgIpc) is 2.39. The first-order chi connectivity index (χ1) is 9.08. The molecular weight excluding hydrogens is 237 g/mol. The van der Waals surface area contributed by atoms with E-state index >= 15 is 0 Å². The number of halogens is 1. The Hall–Kier alpha value is -1.67. The van der Waals surface area contributed by atoms with E-state index in [2.05, 4.69) is 31.3 Å². The van der Waals surface area contributed by atoms with E-state index < -0.39 is 0 Å². The third-order valence-corrected chi connectivity index (χ3v) is 3.93. The van der Waals surface area contributed by atoms with Gasteiger partial charge in [-0.3, -0.25) is 0 Å². The van der Waals surface area contributed by atoms with Crippen molar-refractivity contribution in [2.75, 3.05) is 6.54 Å². The van der Waals surface area contributed by atoms with Gasteiger partial charge < -0.3 is 5.32 Å². The lowest BCUT2D eigenvalue weighted by Gasteiger charge is -2.38. The molecule has 0 amide bonds. The Bertz CT molecular complexity index is 589. The first kappa shape index (κ1) is 12.4. The lowest BCUT2D eigenvalue weighted by Crippen LogP contribution is -2.42. The first-order valence-corrected chi connectivity index (χ1v) is 6.66. The number of hydrogen-bond donors (Lipinski definition) is 1. The second-order valence-electron chi connectivity index (χ2n) is 5.84. The van der Waals surface area contributed by atoms with Crippen LogP contribution in [0.15, 0.2) is 48.5 Å². The summed E-state index contributed by atoms with van der Waals surface area (Å²) in [5.41, 5.74) is 3.52. The lowest BCUT2D eigenvalue weighted by atomic mass is 9.75. The van der Waals surface area contributed by atoms with Crippen LogP contribution in [0.2, 0.25) is 0 Å². The monoisotopic (exact) mass is 255 g/mol. The largest absolute Gasteiger partial charge is 0.305 e. The standard InChI is InChI=1S/C17H18FN/c1-17(2)11-19-16(12-6-4-3-5-7-12)14-10-13(18)8-9-15(14)17/h3-10,16,19H,11H2,1-2H3. The average molecular weight is 255 g/mol. The van der Waals surface area contributed by atoms with Crippen molar-refractivity contribution in [3.05, 3.63) is 71.0 Å². The Morgan fingerprint density at radius 1 is 1.11 bits per heavy atom. The van der Waals surface area contributed by atoms with E-state index in [1.54, 1.807) is 12.1 Å². The number of rotatable bonds is 1. The molecule has 0 radical (unpaired) electrons. The summed E-state index contributed by atoms with van der Waals surface area (Å²) in [4.78, 5) is 0. The maximum atomic E-state index is 13.6. The molecule has 1 heterocycles. The molecule has 0 aromatic heterocycles. The Labute approximate surface area is 113 Å². The van der Waals surface area contributed by atoms with Crippen molar-refractivity contribution < 1.29 is 4.39 Å². The fourth-order valence-electron chi connectivity index (χ4n) is 2.89. The molecule has 2 aromatic carbocycles. The number of fused-ring (bicyclic) bond motifs is 1. The SMILES string of the molecule is CC1(C)CNC(c2ccccc2)c2cc(F)ccc21. The predicted molar refractivity (Wildman–Crippen MR) is 75.7 cm³/mol. The van der Waals surface area contributed by atoms with E-state index in [0.29, 0.717) is 0 Å². The van der Waals surface area contributed by atoms with E-state index in [0.717, 1.165) is 12.1 Å². The summed E-state index contributed by atoms with van der Waals surface area (Å²) in [5.74, 6) is -0.167. The zero-order chi connectivity index (χ0) is 13.5. The normalized spacial score (nSPS) is 20.9. The van der Waals surface area contributed by atoms with Crippen LogP contribution in [0.5, 0.6) is 0 Å². The molecule has 1 nitrogen and oxygen atoms in total. The van der Waals surface area contributed by atoms with Crippen LogP contribution in [0.3, 0.4) is 0 Å². The van der Waals surface area contributed by atoms with Crippen LogP contribution in [0.4, 0.5) is 4.39 Å². The van der Waals surface area contributed by atoms with Crippen LogP contribution in [0.25, 0.3) is 0 Å². The van der Waals surface area contributed by atoms with E-state index in [1.807, 2.05) is 24.3 Å². The van der Waals surface area contributed by atoms with Crippen LogP contribution < -0.4 is 5.32 Å². The van der Waals surface area contributed by atoms with Gasteiger partial charge in [0.1, 0.15) is 5.82 Å². The highest BCUT2D eigenvalue weighted by Crippen LogP contribution is 2.37. The maximum absolute atomic E-state index is 13.6. The predicted octanol–water partition coefficient (Wildman–Crippen LogP) is 3.80. The van der Waals surface area contributed by atoms with Gasteiger partial charge in [0.25, 0.3) is 0 Å². The molecule has 0 saturated carbocycles. The summed E-state index contributed by atoms with van der Waals surface area (Å²) in [7, 11) is 0. The third-order valence-electron chi connectivity index (χ3n) is 3.93. The fourth-order valence-corrected chi connectivity index (χ4v) is 2.89. The van der Waals surface area contributed by atoms with Gasteiger partial charge in [-0.1, -0.05) is 50.2 Å². The van der Waals surface area contributed by atoms with Crippen molar-refractivity contribution in [1.29, 1.82) is 0 Å². The minimum atomic E-state index is -0.167. The molecule has 98 valence electrons. The maximum Gasteiger partial charge on any atom is 0.123 e. The van der Waals surface area contributed by atoms with Gasteiger partial charge in [0, 0.05) is 12.0 Å². The molecule has 0 bridgehead atoms. The van der Waals surface area contributed by atoms with Crippen LogP contribution in [-0.2, 0) is 5.41 Å². The molecule has 1 aliphatic heterocycles. The summed E-state index contributed by atoms with van der Waals surface area (Å²) < 4.78 is 13.6. The highest BCUT2D eigenvalue weighted by Gasteiger charge is 2.33. The van der Waals surface area contributed by atoms with Crippen molar-refractivity contribution in [1.82, 2.24) is 5.32 Å². The fraction of sp³-hybridized carbons (Fsp3) is 0.294. The summed E-state index contributed by atoms with van der Waals surface area (Å²) >= 11 is 0. The van der Waals surface area contributed by atoms with E-state index in [-0.39, 0.29) is 17.3 Å². The van der Waals surface area contributed by atoms with Gasteiger partial charge in [0.15, 0.2) is 0 Å². The summed E-state index contributed by atoms with van der Waals surface area (Å²) in [6.45, 7) is 5.28. The third kappa shape index (κ3) is 2.17. The Kier molecular flexibility index (Phi) is 2.90. The van der Waals surface area contributed by atoms with E-state index in [1.165, 1.54) is 11.1 Å². The van der Waals surface area contributed by atoms with Crippen LogP contribution >= 0.6 is 0 Å². The summed E-state index contributed by atoms with van der Waals surface area (Å²) in [5, 5.41) is 3.54. The van der Waals surface area contributed by atoms with Gasteiger partial charge in [0.05, 0.1) is 6.04 Å². The smallest absolute Gasteiger partial charge is 0.123 e. The van der Waals surface area contributed by atoms with Gasteiger partial charge in [-0.05, 0) is 28.8 Å². The zero-order valence-corrected chi connectivity index (χ0v) is 11.3. The molecule has 3 rings (SSSR count). The molecule has 1 atom stereocenters. The molecule has 0 aliphatic carbocycles. The Morgan fingerprint density at radius 3 is 2.58 bits per heavy atom. The minimum absolute atomic E-state index is 0.0360. The van der Waals surface area contributed by atoms with Crippen molar-refractivity contribution in [2.24, 2.45) is 0 Å². The van der Waals surface area contributed by atoms with Crippen molar-refractivity contribution in [3.63, 3.8) is 0 Å². The van der Waals surface area contributed by atoms with Gasteiger partial charge >= 0.3 is 0 Å². The highest BCUT2D eigenvalue weighted by molar-refractivity contribution is 5.43. The molecule has 19 heavy (non-hydrogen) atoms. The molecule has 1 unspecified atom stereocenters. The molecule has 2 aromatic rings. The molecule has 0 saturated heterocycles. The number of benzene rings is 2. The van der Waals surface area contributed by atoms with E-state index in [9.17, 15) is 4.39 Å². The first-order valence-electron chi connectivity index (χ1n) is 6.66. The topological polar surface area (TPSA) is 12.0 Å². The van der Waals surface area contributed by atoms with Gasteiger partial charge in [-0.25, -0.2) is 4.39 Å². The Balaban J connectivity index is 2.14.